The third-order valence-corrected chi connectivity index (χ3v) is 3.59. The number of hydrogen-bond donors (Lipinski definition) is 2. The van der Waals surface area contributed by atoms with Crippen LogP contribution in [0.2, 0.25) is 0 Å². The van der Waals surface area contributed by atoms with Gasteiger partial charge in [0.2, 0.25) is 0 Å². The summed E-state index contributed by atoms with van der Waals surface area (Å²) in [5, 5.41) is 19.4. The molecule has 0 aromatic heterocycles. The molecule has 0 aliphatic carbocycles. The van der Waals surface area contributed by atoms with E-state index >= 15 is 0 Å². The molecule has 1 unspecified atom stereocenters. The molecule has 4 heteroatoms. The monoisotopic (exact) mass is 251 g/mol. The Morgan fingerprint density at radius 2 is 2.06 bits per heavy atom. The van der Waals surface area contributed by atoms with E-state index in [2.05, 4.69) is 4.90 Å². The fourth-order valence-electron chi connectivity index (χ4n) is 2.68. The van der Waals surface area contributed by atoms with Crippen LogP contribution < -0.4 is 4.74 Å². The fourth-order valence-corrected chi connectivity index (χ4v) is 2.68. The first kappa shape index (κ1) is 13.2. The fraction of sp³-hybridized carbons (Fsp3) is 0.571. The standard InChI is InChI=1S/C14H21NO3/c1-18-13-6-4-5-11(14(13)17)12(7-10-16)15-8-2-3-9-15/h4-6,12,16-17H,2-3,7-10H2,1H3. The second-order valence-corrected chi connectivity index (χ2v) is 4.67. The zero-order valence-corrected chi connectivity index (χ0v) is 10.8. The highest BCUT2D eigenvalue weighted by atomic mass is 16.5. The smallest absolute Gasteiger partial charge is 0.162 e. The molecule has 0 radical (unpaired) electrons. The van der Waals surface area contributed by atoms with E-state index in [1.54, 1.807) is 13.2 Å². The lowest BCUT2D eigenvalue weighted by atomic mass is 10.0. The average molecular weight is 251 g/mol. The maximum absolute atomic E-state index is 10.2. The van der Waals surface area contributed by atoms with E-state index in [1.165, 1.54) is 12.8 Å². The maximum atomic E-state index is 10.2. The molecule has 4 nitrogen and oxygen atoms in total. The highest BCUT2D eigenvalue weighted by Crippen LogP contribution is 2.38. The van der Waals surface area contributed by atoms with Crippen molar-refractivity contribution in [2.24, 2.45) is 0 Å². The molecule has 1 saturated heterocycles. The van der Waals surface area contributed by atoms with Crippen LogP contribution in [0.4, 0.5) is 0 Å². The van der Waals surface area contributed by atoms with Gasteiger partial charge in [0, 0.05) is 18.2 Å². The zero-order chi connectivity index (χ0) is 13.0. The number of para-hydroxylation sites is 1. The summed E-state index contributed by atoms with van der Waals surface area (Å²) < 4.78 is 5.15. The molecule has 1 aromatic carbocycles. The number of phenols is 1. The molecule has 0 bridgehead atoms. The molecule has 2 N–H and O–H groups in total. The summed E-state index contributed by atoms with van der Waals surface area (Å²) in [6.45, 7) is 2.18. The Hall–Kier alpha value is -1.26. The van der Waals surface area contributed by atoms with Crippen molar-refractivity contribution in [3.8, 4) is 11.5 Å². The summed E-state index contributed by atoms with van der Waals surface area (Å²) in [6.07, 6.45) is 3.01. The molecule has 1 aromatic rings. The van der Waals surface area contributed by atoms with E-state index in [0.29, 0.717) is 12.2 Å². The van der Waals surface area contributed by atoms with Gasteiger partial charge in [0.05, 0.1) is 7.11 Å². The van der Waals surface area contributed by atoms with Gasteiger partial charge in [0.15, 0.2) is 11.5 Å². The van der Waals surface area contributed by atoms with Crippen LogP contribution in [0.1, 0.15) is 30.9 Å². The summed E-state index contributed by atoms with van der Waals surface area (Å²) in [7, 11) is 1.55. The first-order chi connectivity index (χ1) is 8.77. The van der Waals surface area contributed by atoms with Crippen LogP contribution in [0.15, 0.2) is 18.2 Å². The predicted octanol–water partition coefficient (Wildman–Crippen LogP) is 1.92. The SMILES string of the molecule is COc1cccc(C(CCO)N2CCCC2)c1O. The number of aromatic hydroxyl groups is 1. The number of aliphatic hydroxyl groups excluding tert-OH is 1. The maximum Gasteiger partial charge on any atom is 0.162 e. The van der Waals surface area contributed by atoms with Gasteiger partial charge >= 0.3 is 0 Å². The number of methoxy groups -OCH3 is 1. The van der Waals surface area contributed by atoms with Crippen LogP contribution in [-0.4, -0.2) is 41.9 Å². The van der Waals surface area contributed by atoms with Crippen molar-refractivity contribution in [1.29, 1.82) is 0 Å². The van der Waals surface area contributed by atoms with Crippen molar-refractivity contribution in [3.63, 3.8) is 0 Å². The Morgan fingerprint density at radius 1 is 1.33 bits per heavy atom. The molecule has 2 rings (SSSR count). The van der Waals surface area contributed by atoms with E-state index in [4.69, 9.17) is 4.74 Å². The van der Waals surface area contributed by atoms with Crippen LogP contribution in [0.5, 0.6) is 11.5 Å². The van der Waals surface area contributed by atoms with Crippen molar-refractivity contribution < 1.29 is 14.9 Å². The summed E-state index contributed by atoms with van der Waals surface area (Å²) >= 11 is 0. The normalized spacial score (nSPS) is 17.9. The molecule has 1 fully saturated rings. The minimum Gasteiger partial charge on any atom is -0.504 e. The van der Waals surface area contributed by atoms with Crippen molar-refractivity contribution in [2.45, 2.75) is 25.3 Å². The quantitative estimate of drug-likeness (QED) is 0.839. The lowest BCUT2D eigenvalue weighted by Gasteiger charge is -2.28. The van der Waals surface area contributed by atoms with Gasteiger partial charge in [-0.1, -0.05) is 12.1 Å². The molecule has 0 spiro atoms. The number of phenolic OH excluding ortho intramolecular Hbond substituents is 1. The van der Waals surface area contributed by atoms with Gasteiger partial charge in [-0.25, -0.2) is 0 Å². The highest BCUT2D eigenvalue weighted by molar-refractivity contribution is 5.46. The number of aliphatic hydroxyl groups is 1. The predicted molar refractivity (Wildman–Crippen MR) is 69.9 cm³/mol. The Kier molecular flexibility index (Phi) is 4.44. The average Bonchev–Trinajstić information content (AvgIpc) is 2.90. The first-order valence-corrected chi connectivity index (χ1v) is 6.48. The second-order valence-electron chi connectivity index (χ2n) is 4.67. The van der Waals surface area contributed by atoms with Gasteiger partial charge < -0.3 is 14.9 Å². The summed E-state index contributed by atoms with van der Waals surface area (Å²) in [6, 6.07) is 5.62. The Balaban J connectivity index is 2.29. The van der Waals surface area contributed by atoms with Crippen LogP contribution in [-0.2, 0) is 0 Å². The number of hydrogen-bond acceptors (Lipinski definition) is 4. The Morgan fingerprint density at radius 3 is 2.67 bits per heavy atom. The number of benzene rings is 1. The van der Waals surface area contributed by atoms with Crippen LogP contribution >= 0.6 is 0 Å². The zero-order valence-electron chi connectivity index (χ0n) is 10.8. The minimum atomic E-state index is 0.0765. The van der Waals surface area contributed by atoms with Crippen LogP contribution in [0, 0.1) is 0 Å². The summed E-state index contributed by atoms with van der Waals surface area (Å²) in [5.41, 5.74) is 0.852. The van der Waals surface area contributed by atoms with E-state index in [9.17, 15) is 10.2 Å². The molecule has 1 aliphatic heterocycles. The molecule has 1 aliphatic rings. The van der Waals surface area contributed by atoms with E-state index in [-0.39, 0.29) is 18.4 Å². The molecule has 1 atom stereocenters. The van der Waals surface area contributed by atoms with E-state index in [1.807, 2.05) is 12.1 Å². The highest BCUT2D eigenvalue weighted by Gasteiger charge is 2.26. The lowest BCUT2D eigenvalue weighted by Crippen LogP contribution is -2.26. The van der Waals surface area contributed by atoms with Crippen molar-refractivity contribution in [1.82, 2.24) is 4.90 Å². The molecule has 1 heterocycles. The van der Waals surface area contributed by atoms with Gasteiger partial charge in [-0.15, -0.1) is 0 Å². The Labute approximate surface area is 108 Å². The molecule has 100 valence electrons. The van der Waals surface area contributed by atoms with Gasteiger partial charge in [0.25, 0.3) is 0 Å². The number of nitrogens with zero attached hydrogens (tertiary/aromatic N) is 1. The molecule has 0 amide bonds. The van der Waals surface area contributed by atoms with Crippen molar-refractivity contribution in [3.05, 3.63) is 23.8 Å². The van der Waals surface area contributed by atoms with Gasteiger partial charge in [0.1, 0.15) is 0 Å². The van der Waals surface area contributed by atoms with Crippen molar-refractivity contribution >= 4 is 0 Å². The van der Waals surface area contributed by atoms with Gasteiger partial charge in [-0.3, -0.25) is 4.90 Å². The van der Waals surface area contributed by atoms with Gasteiger partial charge in [-0.2, -0.15) is 0 Å². The minimum absolute atomic E-state index is 0.0765. The van der Waals surface area contributed by atoms with E-state index < -0.39 is 0 Å². The van der Waals surface area contributed by atoms with E-state index in [0.717, 1.165) is 18.7 Å². The van der Waals surface area contributed by atoms with Crippen LogP contribution in [0.3, 0.4) is 0 Å². The molecular weight excluding hydrogens is 230 g/mol. The molecule has 0 saturated carbocycles. The largest absolute Gasteiger partial charge is 0.504 e. The Bertz CT molecular complexity index is 389. The topological polar surface area (TPSA) is 52.9 Å². The van der Waals surface area contributed by atoms with Crippen LogP contribution in [0.25, 0.3) is 0 Å². The third kappa shape index (κ3) is 2.60. The number of likely N-dealkylation sites (tertiary alicyclic amines) is 1. The molecular formula is C14H21NO3. The molecule has 18 heavy (non-hydrogen) atoms. The third-order valence-electron chi connectivity index (χ3n) is 3.59. The number of ether oxygens (including phenoxy) is 1. The lowest BCUT2D eigenvalue weighted by molar-refractivity contribution is 0.182. The number of rotatable bonds is 5. The van der Waals surface area contributed by atoms with Gasteiger partial charge in [-0.05, 0) is 38.4 Å². The second kappa shape index (κ2) is 6.07. The summed E-state index contributed by atoms with van der Waals surface area (Å²) in [5.74, 6) is 0.694. The summed E-state index contributed by atoms with van der Waals surface area (Å²) in [4.78, 5) is 2.32. The first-order valence-electron chi connectivity index (χ1n) is 6.48. The van der Waals surface area contributed by atoms with Crippen molar-refractivity contribution in [2.75, 3.05) is 26.8 Å².